The van der Waals surface area contributed by atoms with E-state index >= 15 is 0 Å². The molecule has 1 aromatic heterocycles. The minimum atomic E-state index is -4.70. The molecule has 0 fully saturated rings. The van der Waals surface area contributed by atoms with Gasteiger partial charge in [0.2, 0.25) is 11.9 Å². The van der Waals surface area contributed by atoms with Gasteiger partial charge in [0, 0.05) is 17.2 Å². The van der Waals surface area contributed by atoms with Crippen LogP contribution in [-0.2, 0) is 6.18 Å². The van der Waals surface area contributed by atoms with E-state index in [0.29, 0.717) is 6.42 Å². The number of anilines is 3. The Hall–Kier alpha value is -2.84. The summed E-state index contributed by atoms with van der Waals surface area (Å²) < 4.78 is 55.0. The van der Waals surface area contributed by atoms with E-state index in [1.807, 2.05) is 6.92 Å². The maximum Gasteiger partial charge on any atom is 0.416 e. The first kappa shape index (κ1) is 17.0. The second kappa shape index (κ2) is 6.23. The topological polar surface area (TPSA) is 79.6 Å². The van der Waals surface area contributed by atoms with Crippen LogP contribution in [0.3, 0.4) is 0 Å². The van der Waals surface area contributed by atoms with Gasteiger partial charge < -0.3 is 11.1 Å². The van der Waals surface area contributed by atoms with Crippen LogP contribution in [0.25, 0.3) is 0 Å². The van der Waals surface area contributed by atoms with Gasteiger partial charge >= 0.3 is 6.18 Å². The minimum Gasteiger partial charge on any atom is -0.368 e. The van der Waals surface area contributed by atoms with Crippen molar-refractivity contribution in [2.24, 2.45) is 0 Å². The number of nitrogens with one attached hydrogen (secondary N) is 2. The molecular formula is C16H15F4N5. The lowest BCUT2D eigenvalue weighted by Gasteiger charge is -2.22. The summed E-state index contributed by atoms with van der Waals surface area (Å²) in [5.74, 6) is -1.67. The Balaban J connectivity index is 2.02. The van der Waals surface area contributed by atoms with E-state index in [-0.39, 0.29) is 23.1 Å². The summed E-state index contributed by atoms with van der Waals surface area (Å²) in [6.07, 6.45) is 0.678. The molecule has 0 spiro atoms. The molecule has 1 aliphatic carbocycles. The third-order valence-electron chi connectivity index (χ3n) is 3.85. The molecule has 9 heteroatoms. The molecule has 0 saturated heterocycles. The summed E-state index contributed by atoms with van der Waals surface area (Å²) in [5.41, 5.74) is 4.79. The molecule has 0 radical (unpaired) electrons. The van der Waals surface area contributed by atoms with E-state index in [9.17, 15) is 17.6 Å². The smallest absolute Gasteiger partial charge is 0.368 e. The van der Waals surface area contributed by atoms with E-state index in [1.54, 1.807) is 18.2 Å². The normalized spacial score (nSPS) is 17.5. The number of nitrogens with two attached hydrogens (primary N) is 1. The van der Waals surface area contributed by atoms with Crippen molar-refractivity contribution in [3.63, 3.8) is 0 Å². The highest BCUT2D eigenvalue weighted by atomic mass is 19.4. The van der Waals surface area contributed by atoms with E-state index in [4.69, 9.17) is 5.73 Å². The van der Waals surface area contributed by atoms with Gasteiger partial charge in [-0.25, -0.2) is 9.49 Å². The first-order chi connectivity index (χ1) is 11.7. The fourth-order valence-corrected chi connectivity index (χ4v) is 2.70. The van der Waals surface area contributed by atoms with Crippen LogP contribution < -0.4 is 11.1 Å². The first-order valence-electron chi connectivity index (χ1n) is 7.44. The average Bonchev–Trinajstić information content (AvgIpc) is 2.92. The van der Waals surface area contributed by atoms with Crippen molar-refractivity contribution >= 4 is 17.6 Å². The van der Waals surface area contributed by atoms with Crippen LogP contribution in [0.15, 0.2) is 35.9 Å². The zero-order chi connectivity index (χ0) is 18.2. The summed E-state index contributed by atoms with van der Waals surface area (Å²) in [4.78, 5) is 3.73. The monoisotopic (exact) mass is 353 g/mol. The second-order valence-corrected chi connectivity index (χ2v) is 5.74. The van der Waals surface area contributed by atoms with Crippen LogP contribution in [0.1, 0.15) is 30.4 Å². The molecule has 1 aromatic carbocycles. The third-order valence-corrected chi connectivity index (χ3v) is 3.85. The maximum absolute atomic E-state index is 14.6. The molecule has 1 unspecified atom stereocenters. The predicted molar refractivity (Wildman–Crippen MR) is 85.7 cm³/mol. The molecule has 2 aromatic rings. The number of H-pyrrole nitrogens is 1. The van der Waals surface area contributed by atoms with Gasteiger partial charge in [-0.05, 0) is 25.5 Å². The van der Waals surface area contributed by atoms with Crippen molar-refractivity contribution < 1.29 is 17.6 Å². The molecular weight excluding hydrogens is 338 g/mol. The van der Waals surface area contributed by atoms with Gasteiger partial charge in [-0.1, -0.05) is 23.8 Å². The second-order valence-electron chi connectivity index (χ2n) is 5.74. The molecule has 1 atom stereocenters. The standard InChI is InChI=1S/C16H15F4N5/c1-8-2-4-9(5-3-8)13-11(16(18,19)20)6-10(7-12(13)17)22-15-23-14(21)24-25-15/h2-4,6-7,9H,5H2,1H3,(H4,21,22,23,24,25). The number of nitrogen functional groups attached to an aromatic ring is 1. The Labute approximate surface area is 140 Å². The van der Waals surface area contributed by atoms with Gasteiger partial charge in [-0.15, -0.1) is 5.10 Å². The highest BCUT2D eigenvalue weighted by Gasteiger charge is 2.37. The Morgan fingerprint density at radius 2 is 2.08 bits per heavy atom. The number of benzene rings is 1. The average molecular weight is 353 g/mol. The van der Waals surface area contributed by atoms with Crippen molar-refractivity contribution in [2.45, 2.75) is 25.4 Å². The molecule has 0 amide bonds. The molecule has 0 bridgehead atoms. The van der Waals surface area contributed by atoms with Crippen LogP contribution in [0.2, 0.25) is 0 Å². The largest absolute Gasteiger partial charge is 0.416 e. The van der Waals surface area contributed by atoms with Crippen LogP contribution in [0.4, 0.5) is 35.1 Å². The number of allylic oxidation sites excluding steroid dienone is 4. The number of hydrogen-bond acceptors (Lipinski definition) is 4. The highest BCUT2D eigenvalue weighted by Crippen LogP contribution is 2.41. The first-order valence-corrected chi connectivity index (χ1v) is 7.44. The molecule has 5 nitrogen and oxygen atoms in total. The van der Waals surface area contributed by atoms with Gasteiger partial charge in [0.05, 0.1) is 5.56 Å². The van der Waals surface area contributed by atoms with Crippen molar-refractivity contribution in [1.29, 1.82) is 0 Å². The SMILES string of the molecule is CC1=CCC(c2c(F)cc(Nc3n[nH]c(N)n3)cc2C(F)(F)F)C=C1. The molecule has 4 N–H and O–H groups in total. The van der Waals surface area contributed by atoms with Crippen molar-refractivity contribution in [1.82, 2.24) is 15.2 Å². The lowest BCUT2D eigenvalue weighted by atomic mass is 9.86. The lowest BCUT2D eigenvalue weighted by Crippen LogP contribution is -2.15. The van der Waals surface area contributed by atoms with E-state index < -0.39 is 23.5 Å². The van der Waals surface area contributed by atoms with Crippen LogP contribution in [0, 0.1) is 5.82 Å². The highest BCUT2D eigenvalue weighted by molar-refractivity contribution is 5.58. The molecule has 0 aliphatic heterocycles. The summed E-state index contributed by atoms with van der Waals surface area (Å²) in [7, 11) is 0. The molecule has 1 heterocycles. The van der Waals surface area contributed by atoms with E-state index in [1.165, 1.54) is 0 Å². The van der Waals surface area contributed by atoms with Crippen LogP contribution in [0.5, 0.6) is 0 Å². The zero-order valence-corrected chi connectivity index (χ0v) is 13.2. The number of hydrogen-bond donors (Lipinski definition) is 3. The molecule has 25 heavy (non-hydrogen) atoms. The van der Waals surface area contributed by atoms with Gasteiger partial charge in [0.15, 0.2) is 0 Å². The van der Waals surface area contributed by atoms with Gasteiger partial charge in [-0.2, -0.15) is 18.2 Å². The zero-order valence-electron chi connectivity index (χ0n) is 13.2. The van der Waals surface area contributed by atoms with Crippen LogP contribution in [-0.4, -0.2) is 15.2 Å². The fourth-order valence-electron chi connectivity index (χ4n) is 2.70. The van der Waals surface area contributed by atoms with Crippen molar-refractivity contribution in [3.05, 3.63) is 52.9 Å². The lowest BCUT2D eigenvalue weighted by molar-refractivity contribution is -0.138. The molecule has 0 saturated carbocycles. The third kappa shape index (κ3) is 3.65. The number of halogens is 4. The molecule has 132 valence electrons. The Kier molecular flexibility index (Phi) is 4.23. The Morgan fingerprint density at radius 1 is 1.32 bits per heavy atom. The number of rotatable bonds is 3. The van der Waals surface area contributed by atoms with Crippen molar-refractivity contribution in [2.75, 3.05) is 11.1 Å². The summed E-state index contributed by atoms with van der Waals surface area (Å²) in [5, 5.41) is 8.51. The number of alkyl halides is 3. The fraction of sp³-hybridized carbons (Fsp3) is 0.250. The van der Waals surface area contributed by atoms with Gasteiger partial charge in [0.25, 0.3) is 0 Å². The Morgan fingerprint density at radius 3 is 2.64 bits per heavy atom. The van der Waals surface area contributed by atoms with Gasteiger partial charge in [0.1, 0.15) is 5.82 Å². The van der Waals surface area contributed by atoms with E-state index in [2.05, 4.69) is 20.5 Å². The van der Waals surface area contributed by atoms with Crippen molar-refractivity contribution in [3.8, 4) is 0 Å². The predicted octanol–water partition coefficient (Wildman–Crippen LogP) is 4.28. The number of aromatic nitrogens is 3. The molecule has 3 rings (SSSR count). The van der Waals surface area contributed by atoms with E-state index in [0.717, 1.165) is 17.7 Å². The Bertz CT molecular complexity index is 851. The number of aromatic amines is 1. The molecule has 1 aliphatic rings. The van der Waals surface area contributed by atoms with Gasteiger partial charge in [-0.3, -0.25) is 0 Å². The summed E-state index contributed by atoms with van der Waals surface area (Å²) >= 11 is 0. The minimum absolute atomic E-state index is 0.00913. The maximum atomic E-state index is 14.6. The summed E-state index contributed by atoms with van der Waals surface area (Å²) in [6, 6.07) is 1.85. The van der Waals surface area contributed by atoms with Crippen LogP contribution >= 0.6 is 0 Å². The quantitative estimate of drug-likeness (QED) is 0.720. The summed E-state index contributed by atoms with van der Waals surface area (Å²) in [6.45, 7) is 1.84. The number of nitrogens with zero attached hydrogens (tertiary/aromatic N) is 2.